The number of hydrogen-bond acceptors (Lipinski definition) is 3. The number of benzene rings is 3. The van der Waals surface area contributed by atoms with Crippen LogP contribution in [0.25, 0.3) is 0 Å². The number of Topliss-reactive ketones (excluding diaryl/α,β-unsaturated/α-hetero) is 1. The average Bonchev–Trinajstić information content (AvgIpc) is 2.78. The molecule has 0 heterocycles. The summed E-state index contributed by atoms with van der Waals surface area (Å²) < 4.78 is 13.8. The first kappa shape index (κ1) is 25.7. The normalized spacial score (nSPS) is 11.6. The molecule has 3 aromatic rings. The van der Waals surface area contributed by atoms with Crippen LogP contribution in [0.5, 0.6) is 0 Å². The van der Waals surface area contributed by atoms with E-state index in [1.165, 1.54) is 23.1 Å². The Bertz CT molecular complexity index is 1200. The van der Waals surface area contributed by atoms with Gasteiger partial charge in [-0.05, 0) is 67.1 Å². The molecule has 0 spiro atoms. The van der Waals surface area contributed by atoms with E-state index in [0.29, 0.717) is 15.7 Å². The number of ketones is 1. The minimum Gasteiger partial charge on any atom is -0.481 e. The number of rotatable bonds is 9. The Morgan fingerprint density at radius 1 is 0.853 bits per heavy atom. The van der Waals surface area contributed by atoms with Gasteiger partial charge >= 0.3 is 5.97 Å². The Morgan fingerprint density at radius 2 is 1.44 bits per heavy atom. The molecule has 0 bridgehead atoms. The number of carboxylic acids is 1. The maximum atomic E-state index is 13.8. The minimum atomic E-state index is -1.26. The van der Waals surface area contributed by atoms with Crippen molar-refractivity contribution in [1.29, 1.82) is 0 Å². The summed E-state index contributed by atoms with van der Waals surface area (Å²) >= 11 is 18.3. The lowest BCUT2D eigenvalue weighted by molar-refractivity contribution is -0.137. The van der Waals surface area contributed by atoms with Gasteiger partial charge in [0.1, 0.15) is 11.9 Å². The number of carbonyl (C=O) groups excluding carboxylic acids is 2. The van der Waals surface area contributed by atoms with Crippen LogP contribution in [-0.4, -0.2) is 22.8 Å². The van der Waals surface area contributed by atoms with Crippen LogP contribution in [0, 0.1) is 5.82 Å². The van der Waals surface area contributed by atoms with E-state index in [9.17, 15) is 18.8 Å². The number of halogens is 4. The van der Waals surface area contributed by atoms with Gasteiger partial charge in [0.25, 0.3) is 0 Å². The van der Waals surface area contributed by atoms with Gasteiger partial charge in [-0.2, -0.15) is 0 Å². The molecule has 1 N–H and O–H groups in total. The van der Waals surface area contributed by atoms with E-state index >= 15 is 0 Å². The third kappa shape index (κ3) is 6.35. The average molecular weight is 523 g/mol. The number of anilines is 1. The molecule has 0 saturated heterocycles. The lowest BCUT2D eigenvalue weighted by Gasteiger charge is -2.32. The molecule has 9 heteroatoms. The Balaban J connectivity index is 2.16. The Kier molecular flexibility index (Phi) is 8.67. The molecule has 1 unspecified atom stereocenters. The van der Waals surface area contributed by atoms with E-state index in [-0.39, 0.29) is 35.4 Å². The standard InChI is InChI=1S/C25H19Cl3FNO4/c26-16-6-4-15(5-7-16)25(34)24(20-13-10-18(29)14-21(20)28)30(19-11-8-17(27)9-12-19)22(31)2-1-3-23(32)33/h4-14,24H,1-3H2,(H,32,33). The fraction of sp³-hybridized carbons (Fsp3) is 0.160. The summed E-state index contributed by atoms with van der Waals surface area (Å²) in [6.45, 7) is 0. The largest absolute Gasteiger partial charge is 0.481 e. The van der Waals surface area contributed by atoms with Gasteiger partial charge in [0.05, 0.1) is 0 Å². The number of carboxylic acid groups (broad SMARTS) is 1. The summed E-state index contributed by atoms with van der Waals surface area (Å²) in [5.41, 5.74) is 0.814. The quantitative estimate of drug-likeness (QED) is 0.307. The molecular weight excluding hydrogens is 504 g/mol. The topological polar surface area (TPSA) is 74.7 Å². The first-order valence-electron chi connectivity index (χ1n) is 10.2. The monoisotopic (exact) mass is 521 g/mol. The number of carbonyl (C=O) groups is 3. The predicted octanol–water partition coefficient (Wildman–Crippen LogP) is 7.00. The summed E-state index contributed by atoms with van der Waals surface area (Å²) in [6, 6.07) is 14.7. The minimum absolute atomic E-state index is 0.0374. The molecule has 3 aromatic carbocycles. The summed E-state index contributed by atoms with van der Waals surface area (Å²) in [5.74, 6) is -2.62. The fourth-order valence-corrected chi connectivity index (χ4v) is 3.97. The van der Waals surface area contributed by atoms with Gasteiger partial charge in [0.2, 0.25) is 5.91 Å². The molecule has 0 aliphatic heterocycles. The summed E-state index contributed by atoms with van der Waals surface area (Å²) in [4.78, 5) is 39.4. The lowest BCUT2D eigenvalue weighted by Crippen LogP contribution is -2.39. The molecule has 0 fully saturated rings. The van der Waals surface area contributed by atoms with Crippen molar-refractivity contribution in [2.45, 2.75) is 25.3 Å². The summed E-state index contributed by atoms with van der Waals surface area (Å²) in [6.07, 6.45) is -0.289. The molecule has 0 aliphatic carbocycles. The molecule has 0 aromatic heterocycles. The number of nitrogens with zero attached hydrogens (tertiary/aromatic N) is 1. The summed E-state index contributed by atoms with van der Waals surface area (Å²) in [5, 5.41) is 9.77. The summed E-state index contributed by atoms with van der Waals surface area (Å²) in [7, 11) is 0. The second-order valence-electron chi connectivity index (χ2n) is 7.43. The first-order chi connectivity index (χ1) is 16.2. The van der Waals surface area contributed by atoms with E-state index in [1.807, 2.05) is 0 Å². The SMILES string of the molecule is O=C(O)CCCC(=O)N(c1ccc(Cl)cc1)C(C(=O)c1ccc(Cl)cc1)c1ccc(F)cc1Cl. The molecule has 5 nitrogen and oxygen atoms in total. The van der Waals surface area contributed by atoms with Gasteiger partial charge in [-0.15, -0.1) is 0 Å². The van der Waals surface area contributed by atoms with Crippen molar-refractivity contribution in [3.05, 3.63) is 98.7 Å². The van der Waals surface area contributed by atoms with Crippen LogP contribution < -0.4 is 4.90 Å². The Morgan fingerprint density at radius 3 is 2.00 bits per heavy atom. The second-order valence-corrected chi connectivity index (χ2v) is 8.71. The molecule has 176 valence electrons. The maximum Gasteiger partial charge on any atom is 0.303 e. The van der Waals surface area contributed by atoms with Crippen LogP contribution in [0.4, 0.5) is 10.1 Å². The van der Waals surface area contributed by atoms with Crippen molar-refractivity contribution in [3.8, 4) is 0 Å². The molecule has 34 heavy (non-hydrogen) atoms. The van der Waals surface area contributed by atoms with Crippen molar-refractivity contribution in [2.75, 3.05) is 4.90 Å². The Labute approximate surface area is 210 Å². The van der Waals surface area contributed by atoms with Crippen molar-refractivity contribution >= 4 is 58.1 Å². The van der Waals surface area contributed by atoms with Gasteiger partial charge in [-0.3, -0.25) is 19.3 Å². The Hall–Kier alpha value is -2.93. The van der Waals surface area contributed by atoms with Gasteiger partial charge < -0.3 is 5.11 Å². The number of hydrogen-bond donors (Lipinski definition) is 1. The van der Waals surface area contributed by atoms with Crippen molar-refractivity contribution in [2.24, 2.45) is 0 Å². The van der Waals surface area contributed by atoms with Gasteiger partial charge in [-0.1, -0.05) is 40.9 Å². The molecule has 1 amide bonds. The molecular formula is C25H19Cl3FNO4. The van der Waals surface area contributed by atoms with Gasteiger partial charge in [-0.25, -0.2) is 4.39 Å². The third-order valence-corrected chi connectivity index (χ3v) is 5.88. The predicted molar refractivity (Wildman–Crippen MR) is 130 cm³/mol. The highest BCUT2D eigenvalue weighted by atomic mass is 35.5. The highest BCUT2D eigenvalue weighted by Gasteiger charge is 2.34. The fourth-order valence-electron chi connectivity index (χ4n) is 3.44. The number of aliphatic carboxylic acids is 1. The van der Waals surface area contributed by atoms with E-state index < -0.39 is 29.5 Å². The smallest absolute Gasteiger partial charge is 0.303 e. The third-order valence-electron chi connectivity index (χ3n) is 5.05. The first-order valence-corrected chi connectivity index (χ1v) is 11.3. The van der Waals surface area contributed by atoms with Crippen LogP contribution in [0.2, 0.25) is 15.1 Å². The van der Waals surface area contributed by atoms with Gasteiger partial charge in [0.15, 0.2) is 5.78 Å². The van der Waals surface area contributed by atoms with Crippen LogP contribution in [0.3, 0.4) is 0 Å². The number of amides is 1. The van der Waals surface area contributed by atoms with E-state index in [0.717, 1.165) is 12.1 Å². The van der Waals surface area contributed by atoms with Crippen molar-refractivity contribution < 1.29 is 23.9 Å². The lowest BCUT2D eigenvalue weighted by atomic mass is 9.94. The zero-order chi connectivity index (χ0) is 24.8. The van der Waals surface area contributed by atoms with E-state index in [1.54, 1.807) is 36.4 Å². The van der Waals surface area contributed by atoms with Gasteiger partial charge in [0, 0.05) is 44.7 Å². The maximum absolute atomic E-state index is 13.8. The molecule has 3 rings (SSSR count). The van der Waals surface area contributed by atoms with Crippen LogP contribution >= 0.6 is 34.8 Å². The molecule has 0 radical (unpaired) electrons. The van der Waals surface area contributed by atoms with Crippen molar-refractivity contribution in [1.82, 2.24) is 0 Å². The molecule has 1 atom stereocenters. The van der Waals surface area contributed by atoms with Crippen molar-refractivity contribution in [3.63, 3.8) is 0 Å². The molecule has 0 saturated carbocycles. The zero-order valence-electron chi connectivity index (χ0n) is 17.7. The van der Waals surface area contributed by atoms with Crippen LogP contribution in [0.15, 0.2) is 66.7 Å². The highest BCUT2D eigenvalue weighted by Crippen LogP contribution is 2.36. The van der Waals surface area contributed by atoms with E-state index in [2.05, 4.69) is 0 Å². The highest BCUT2D eigenvalue weighted by molar-refractivity contribution is 6.32. The molecule has 0 aliphatic rings. The van der Waals surface area contributed by atoms with Crippen LogP contribution in [-0.2, 0) is 9.59 Å². The van der Waals surface area contributed by atoms with Crippen LogP contribution in [0.1, 0.15) is 41.2 Å². The second kappa shape index (κ2) is 11.5. The zero-order valence-corrected chi connectivity index (χ0v) is 19.9. The van der Waals surface area contributed by atoms with E-state index in [4.69, 9.17) is 39.9 Å².